The molecule has 8 atom stereocenters. The van der Waals surface area contributed by atoms with Crippen LogP contribution in [0.2, 0.25) is 0 Å². The first-order valence-corrected chi connectivity index (χ1v) is 36.0. The predicted molar refractivity (Wildman–Crippen MR) is 375 cm³/mol. The summed E-state index contributed by atoms with van der Waals surface area (Å²) in [5.74, 6) is -10.9. The number of esters is 2. The van der Waals surface area contributed by atoms with E-state index in [1.54, 1.807) is 58.0 Å². The van der Waals surface area contributed by atoms with Crippen LogP contribution in [0.4, 0.5) is 18.4 Å². The summed E-state index contributed by atoms with van der Waals surface area (Å²) in [7, 11) is -1.25. The molecule has 548 valence electrons. The van der Waals surface area contributed by atoms with Crippen molar-refractivity contribution in [1.82, 2.24) is 50.8 Å². The normalized spacial score (nSPS) is 21.0. The van der Waals surface area contributed by atoms with Crippen LogP contribution >= 0.6 is 47.3 Å². The minimum absolute atomic E-state index is 0.0138. The van der Waals surface area contributed by atoms with E-state index in [0.717, 1.165) is 37.9 Å². The minimum Gasteiger partial charge on any atom is -0.534 e. The van der Waals surface area contributed by atoms with Gasteiger partial charge >= 0.3 is 65.1 Å². The molecule has 3 saturated carbocycles. The summed E-state index contributed by atoms with van der Waals surface area (Å²) < 4.78 is 71.7. The van der Waals surface area contributed by atoms with E-state index in [9.17, 15) is 62.5 Å². The molecule has 6 N–H and O–H groups in total. The monoisotopic (exact) mass is 1610 g/mol. The number of unbranched alkanes of at least 4 members (excludes halogenated alkanes) is 1. The Morgan fingerprint density at radius 3 is 1.87 bits per heavy atom. The Kier molecular flexibility index (Phi) is 27.3. The number of pyridine rings is 2. The molecule has 2 aromatic heterocycles. The van der Waals surface area contributed by atoms with E-state index in [1.807, 2.05) is 13.8 Å². The Balaban J connectivity index is 0.000000258. The fourth-order valence-corrected chi connectivity index (χ4v) is 13.1. The molecule has 7 aliphatic rings. The number of ether oxygens (including phenoxy) is 4. The number of aromatic nitrogens is 2. The molecule has 10 amide bonds. The molecule has 2 unspecified atom stereocenters. The number of imide groups is 2. The van der Waals surface area contributed by atoms with Gasteiger partial charge in [0.2, 0.25) is 11.8 Å². The van der Waals surface area contributed by atoms with Crippen molar-refractivity contribution in [2.45, 2.75) is 130 Å². The quantitative estimate of drug-likeness (QED) is 0.0232. The molecule has 2 aromatic carbocycles. The van der Waals surface area contributed by atoms with Gasteiger partial charge in [0.25, 0.3) is 0 Å². The summed E-state index contributed by atoms with van der Waals surface area (Å²) in [6.07, 6.45) is 5.12. The molecule has 0 radical (unpaired) electrons. The van der Waals surface area contributed by atoms with Crippen molar-refractivity contribution in [3.05, 3.63) is 106 Å². The highest BCUT2D eigenvalue weighted by Gasteiger charge is 2.67. The number of amides is 10. The van der Waals surface area contributed by atoms with Crippen LogP contribution < -0.4 is 35.4 Å². The van der Waals surface area contributed by atoms with Crippen LogP contribution in [0.1, 0.15) is 136 Å². The molecular formula is C65H80B3Br3F2N10O19. The summed E-state index contributed by atoms with van der Waals surface area (Å²) in [5.41, 5.74) is -0.446. The number of aromatic hydroxyl groups is 1. The van der Waals surface area contributed by atoms with Gasteiger partial charge < -0.3 is 74.1 Å². The number of hydrogen-bond donors (Lipinski definition) is 6. The van der Waals surface area contributed by atoms with Crippen LogP contribution in [0.15, 0.2) is 60.9 Å². The molecule has 3 aliphatic carbocycles. The van der Waals surface area contributed by atoms with Crippen molar-refractivity contribution < 1.29 is 99.8 Å². The number of rotatable bonds is 22. The minimum atomic E-state index is -1.85. The number of nitrogens with one attached hydrogen (secondary N) is 4. The maximum atomic E-state index is 16.0. The zero-order chi connectivity index (χ0) is 74.7. The van der Waals surface area contributed by atoms with Crippen LogP contribution in [0, 0.1) is 28.9 Å². The molecule has 6 fully saturated rings. The Hall–Kier alpha value is -7.99. The van der Waals surface area contributed by atoms with Gasteiger partial charge in [-0.15, -0.1) is 47.3 Å². The third-order valence-electron chi connectivity index (χ3n) is 18.6. The maximum absolute atomic E-state index is 16.0. The number of urea groups is 2. The van der Waals surface area contributed by atoms with Crippen molar-refractivity contribution in [3.63, 3.8) is 0 Å². The van der Waals surface area contributed by atoms with Crippen LogP contribution in [-0.4, -0.2) is 206 Å². The van der Waals surface area contributed by atoms with Gasteiger partial charge in [-0.25, -0.2) is 28.0 Å². The van der Waals surface area contributed by atoms with Crippen LogP contribution in [0.3, 0.4) is 0 Å². The molecule has 2 bridgehead atoms. The molecule has 4 aliphatic heterocycles. The summed E-state index contributed by atoms with van der Waals surface area (Å²) in [5, 5.41) is 30.3. The number of nitrogens with zero attached hydrogens (tertiary/aromatic N) is 6. The zero-order valence-electron chi connectivity index (χ0n) is 57.6. The number of methoxy groups -OCH3 is 1. The van der Waals surface area contributed by atoms with Crippen molar-refractivity contribution in [2.24, 2.45) is 17.3 Å². The average molecular weight is 1620 g/mol. The van der Waals surface area contributed by atoms with E-state index in [4.69, 9.17) is 32.9 Å². The van der Waals surface area contributed by atoms with Gasteiger partial charge in [-0.2, -0.15) is 0 Å². The standard InChI is InChI=1S/C40H53BFN5O10.C25H27BFN5O9.BBr3/c1-8-11-17-55-25-20-28(42)30(43-22-25)31(45-38(52)47-16-15-46(9-2)35(49)36(47)50)34(48)44-29(18-23-13-12-14-26(32(23)53-7)37(51)54-10-3)41-56-33-27-19-24(39(27,4)5)21-40(33,6)57-41;1-3-31-8-9-32(23(36)22(31)35)25(38)30-19(18-16(27)11-14(33)12-28-18)21(34)29-17-10-13-6-5-7-15(24(37)40-4-2)20(13)41-26(17)39;2-1(3)4/h12-14,20,22,24,27,29,31,33H,8-11,15-19,21H2,1-7H3,(H,44,48)(H,45,52);5-7,11-12,17,19,33,39H,3-4,8-10H2,1-2H3,(H,29,34)(H,30,38);/t24-,27+,29+,31?,33-,40+;17-,19?;/m10./s1. The van der Waals surface area contributed by atoms with E-state index in [0.29, 0.717) is 39.5 Å². The van der Waals surface area contributed by atoms with Gasteiger partial charge in [-0.1, -0.05) is 51.5 Å². The Morgan fingerprint density at radius 2 is 1.32 bits per heavy atom. The third-order valence-corrected chi connectivity index (χ3v) is 18.6. The van der Waals surface area contributed by atoms with Gasteiger partial charge in [0.1, 0.15) is 45.5 Å². The first-order valence-electron chi connectivity index (χ1n) is 33.2. The van der Waals surface area contributed by atoms with Crippen molar-refractivity contribution in [2.75, 3.05) is 66.2 Å². The molecule has 3 saturated heterocycles. The molecule has 6 heterocycles. The lowest BCUT2D eigenvalue weighted by molar-refractivity contribution is -0.185. The number of fused-ring (bicyclic) bond motifs is 1. The highest BCUT2D eigenvalue weighted by molar-refractivity contribution is 9.69. The second-order valence-electron chi connectivity index (χ2n) is 25.3. The van der Waals surface area contributed by atoms with Gasteiger partial charge in [0.05, 0.1) is 62.9 Å². The second kappa shape index (κ2) is 35.0. The number of carbonyl (C=O) groups is 10. The zero-order valence-corrected chi connectivity index (χ0v) is 62.3. The van der Waals surface area contributed by atoms with Gasteiger partial charge in [-0.05, 0) is 107 Å². The van der Waals surface area contributed by atoms with Crippen molar-refractivity contribution in [3.8, 4) is 23.0 Å². The lowest BCUT2D eigenvalue weighted by Gasteiger charge is -2.63. The summed E-state index contributed by atoms with van der Waals surface area (Å²) >= 11 is 9.31. The van der Waals surface area contributed by atoms with E-state index in [1.165, 1.54) is 29.2 Å². The predicted octanol–water partition coefficient (Wildman–Crippen LogP) is 5.86. The van der Waals surface area contributed by atoms with E-state index in [-0.39, 0.29) is 114 Å². The lowest BCUT2D eigenvalue weighted by Crippen LogP contribution is -2.63. The third kappa shape index (κ3) is 18.1. The molecular weight excluding hydrogens is 1530 g/mol. The number of carbonyl (C=O) groups excluding carboxylic acids is 10. The number of likely N-dealkylation sites (N-methyl/N-ethyl adjacent to an activating group) is 2. The molecule has 0 spiro atoms. The number of halogens is 5. The second-order valence-corrected chi connectivity index (χ2v) is 31.7. The Bertz CT molecular complexity index is 3820. The number of benzene rings is 2. The van der Waals surface area contributed by atoms with Crippen LogP contribution in [-0.2, 0) is 60.4 Å². The molecule has 37 heteroatoms. The SMILES string of the molecule is BrB(Br)Br.CCCCOc1cnc(C(NC(=O)N2CCN(CC)C(=O)C2=O)C(=O)N[C@@H](Cc2cccc(C(=O)OCC)c2OC)B2O[C@@H]3[C@@H]4C[C@H](C[C@]3(C)O2)C4(C)C)c(F)c1.CCOC(=O)c1cccc2c1OB(O)[C@@H](NC(=O)C(NC(=O)N1CCN(CC)C(=O)C1=O)c1ncc(O)cc1F)C2. The number of para-hydroxylation sites is 2. The largest absolute Gasteiger partial charge is 0.547 e. The van der Waals surface area contributed by atoms with Gasteiger partial charge in [-0.3, -0.25) is 48.5 Å². The molecule has 29 nitrogen and oxygen atoms in total. The first-order chi connectivity index (χ1) is 48.4. The Morgan fingerprint density at radius 1 is 0.765 bits per heavy atom. The molecule has 102 heavy (non-hydrogen) atoms. The number of hydrogen-bond acceptors (Lipinski definition) is 21. The fraction of sp³-hybridized carbons (Fsp3) is 0.508. The molecule has 11 rings (SSSR count). The van der Waals surface area contributed by atoms with Crippen LogP contribution in [0.5, 0.6) is 23.0 Å². The fourth-order valence-electron chi connectivity index (χ4n) is 13.1. The summed E-state index contributed by atoms with van der Waals surface area (Å²) in [6, 6.07) is 5.49. The smallest absolute Gasteiger partial charge is 0.534 e. The van der Waals surface area contributed by atoms with Crippen molar-refractivity contribution >= 4 is 124 Å². The van der Waals surface area contributed by atoms with Gasteiger partial charge in [0.15, 0.2) is 23.7 Å². The highest BCUT2D eigenvalue weighted by atomic mass is 79.9. The first kappa shape index (κ1) is 79.7. The van der Waals surface area contributed by atoms with Crippen molar-refractivity contribution in [1.29, 1.82) is 0 Å². The number of piperazine rings is 2. The average Bonchev–Trinajstić information content (AvgIpc) is 1.44. The maximum Gasteiger partial charge on any atom is 0.547 e. The summed E-state index contributed by atoms with van der Waals surface area (Å²) in [6.45, 7) is 16.1. The lowest BCUT2D eigenvalue weighted by atomic mass is 9.45. The van der Waals surface area contributed by atoms with Gasteiger partial charge in [0, 0.05) is 51.4 Å². The topological polar surface area (TPSA) is 363 Å². The summed E-state index contributed by atoms with van der Waals surface area (Å²) in [4.78, 5) is 142. The van der Waals surface area contributed by atoms with E-state index >= 15 is 4.39 Å². The van der Waals surface area contributed by atoms with E-state index < -0.39 is 132 Å². The molecule has 4 aromatic rings. The Labute approximate surface area is 613 Å². The van der Waals surface area contributed by atoms with Crippen LogP contribution in [0.25, 0.3) is 0 Å². The van der Waals surface area contributed by atoms with E-state index in [2.05, 4.69) is 92.4 Å². The highest BCUT2D eigenvalue weighted by Crippen LogP contribution is 2.65.